The van der Waals surface area contributed by atoms with Crippen molar-refractivity contribution in [3.05, 3.63) is 0 Å². The average molecular weight is 362 g/mol. The molecule has 0 amide bonds. The summed E-state index contributed by atoms with van der Waals surface area (Å²) in [5.74, 6) is 0. The van der Waals surface area contributed by atoms with Gasteiger partial charge in [-0.2, -0.15) is 8.42 Å². The van der Waals surface area contributed by atoms with Gasteiger partial charge in [0.25, 0.3) is 10.1 Å². The molecule has 58 valence electrons. The van der Waals surface area contributed by atoms with E-state index in [4.69, 9.17) is 4.55 Å². The Morgan fingerprint density at radius 3 is 1.11 bits per heavy atom. The SMILES string of the molecule is CS(=O)(=O)O.[Bi+3].[F-].[F-].[F-]. The summed E-state index contributed by atoms with van der Waals surface area (Å²) in [6, 6.07) is 0. The van der Waals surface area contributed by atoms with Gasteiger partial charge in [0, 0.05) is 0 Å². The maximum atomic E-state index is 9.19. The maximum Gasteiger partial charge on any atom is 3.00 e. The summed E-state index contributed by atoms with van der Waals surface area (Å²) >= 11 is 0. The first-order chi connectivity index (χ1) is 2.00. The van der Waals surface area contributed by atoms with Gasteiger partial charge < -0.3 is 14.1 Å². The summed E-state index contributed by atoms with van der Waals surface area (Å²) in [6.07, 6.45) is 0.715. The zero-order valence-corrected chi connectivity index (χ0v) is 8.55. The Morgan fingerprint density at radius 1 is 1.11 bits per heavy atom. The van der Waals surface area contributed by atoms with Crippen molar-refractivity contribution in [3.8, 4) is 0 Å². The number of halogens is 3. The molecule has 2 radical (unpaired) electrons. The summed E-state index contributed by atoms with van der Waals surface area (Å²) in [7, 11) is -3.67. The van der Waals surface area contributed by atoms with E-state index in [1.165, 1.54) is 0 Å². The molecule has 0 bridgehead atoms. The second-order valence-electron chi connectivity index (χ2n) is 0.733. The summed E-state index contributed by atoms with van der Waals surface area (Å²) in [5, 5.41) is 0. The zero-order chi connectivity index (χ0) is 4.50. The summed E-state index contributed by atoms with van der Waals surface area (Å²) in [6.45, 7) is 0. The molecule has 0 aliphatic heterocycles. The van der Waals surface area contributed by atoms with Crippen LogP contribution < -0.4 is 14.1 Å². The van der Waals surface area contributed by atoms with Crippen molar-refractivity contribution in [2.75, 3.05) is 6.26 Å². The third kappa shape index (κ3) is 1090. The van der Waals surface area contributed by atoms with E-state index in [-0.39, 0.29) is 40.3 Å². The topological polar surface area (TPSA) is 54.4 Å². The average Bonchev–Trinajstić information content (AvgIpc) is 0.722. The molecule has 0 fully saturated rings. The maximum absolute atomic E-state index is 9.19. The zero-order valence-electron chi connectivity index (χ0n) is 4.25. The van der Waals surface area contributed by atoms with Crippen molar-refractivity contribution in [1.82, 2.24) is 0 Å². The molecule has 0 rings (SSSR count). The fourth-order valence-electron chi connectivity index (χ4n) is 0. The molecule has 0 heterocycles. The monoisotopic (exact) mass is 362 g/mol. The van der Waals surface area contributed by atoms with Gasteiger partial charge in [0.15, 0.2) is 0 Å². The molecule has 1 N–H and O–H groups in total. The van der Waals surface area contributed by atoms with E-state index in [2.05, 4.69) is 0 Å². The predicted molar refractivity (Wildman–Crippen MR) is 23.2 cm³/mol. The van der Waals surface area contributed by atoms with Crippen LogP contribution in [0.5, 0.6) is 0 Å². The first kappa shape index (κ1) is 33.6. The number of hydrogen-bond donors (Lipinski definition) is 1. The van der Waals surface area contributed by atoms with Crippen LogP contribution in [0.1, 0.15) is 0 Å². The molecule has 3 nitrogen and oxygen atoms in total. The Morgan fingerprint density at radius 2 is 1.11 bits per heavy atom. The summed E-state index contributed by atoms with van der Waals surface area (Å²) in [4.78, 5) is 0. The molecular weight excluding hydrogens is 358 g/mol. The Balaban J connectivity index is -0.0000000133. The summed E-state index contributed by atoms with van der Waals surface area (Å²) < 4.78 is 25.9. The largest absolute Gasteiger partial charge is 3.00 e. The molecule has 0 aromatic heterocycles. The standard InChI is InChI=1S/CH4O3S.Bi.3FH/c1-5(2,3)4;;;;/h1H3,(H,2,3,4);;3*1H/q;+3;;;/p-3. The van der Waals surface area contributed by atoms with Crippen LogP contribution in [0, 0.1) is 0 Å². The molecule has 0 spiro atoms. The predicted octanol–water partition coefficient (Wildman–Crippen LogP) is -9.86. The molecule has 0 aromatic rings. The van der Waals surface area contributed by atoms with E-state index in [0.717, 1.165) is 0 Å². The Bertz CT molecular complexity index is 102. The van der Waals surface area contributed by atoms with Gasteiger partial charge in [-0.3, -0.25) is 4.55 Å². The normalized spacial score (nSPS) is 6.44. The van der Waals surface area contributed by atoms with Crippen LogP contribution in [-0.4, -0.2) is 45.4 Å². The van der Waals surface area contributed by atoms with Crippen LogP contribution in [0.15, 0.2) is 0 Å². The minimum absolute atomic E-state index is 0. The Labute approximate surface area is 69.8 Å². The smallest absolute Gasteiger partial charge is 1.00 e. The third-order valence-corrected chi connectivity index (χ3v) is 0. The molecule has 0 unspecified atom stereocenters. The van der Waals surface area contributed by atoms with Crippen molar-refractivity contribution >= 4 is 36.3 Å². The van der Waals surface area contributed by atoms with Crippen LogP contribution in [0.3, 0.4) is 0 Å². The van der Waals surface area contributed by atoms with E-state index in [9.17, 15) is 8.42 Å². The van der Waals surface area contributed by atoms with E-state index < -0.39 is 10.1 Å². The minimum Gasteiger partial charge on any atom is -1.00 e. The van der Waals surface area contributed by atoms with Crippen molar-refractivity contribution in [2.45, 2.75) is 0 Å². The second-order valence-corrected chi connectivity index (χ2v) is 2.20. The first-order valence-corrected chi connectivity index (χ1v) is 2.77. The third-order valence-electron chi connectivity index (χ3n) is 0. The quantitative estimate of drug-likeness (QED) is 0.344. The van der Waals surface area contributed by atoms with Crippen LogP contribution in [0.4, 0.5) is 0 Å². The molecular formula is CH4BiF3O3S. The molecule has 0 aliphatic carbocycles. The fraction of sp³-hybridized carbons (Fsp3) is 1.00. The second kappa shape index (κ2) is 11.4. The Hall–Kier alpha value is 0.583. The van der Waals surface area contributed by atoms with Crippen LogP contribution in [0.25, 0.3) is 0 Å². The van der Waals surface area contributed by atoms with Gasteiger partial charge in [0.1, 0.15) is 0 Å². The first-order valence-electron chi connectivity index (χ1n) is 0.924. The van der Waals surface area contributed by atoms with Crippen LogP contribution in [-0.2, 0) is 10.1 Å². The van der Waals surface area contributed by atoms with E-state index >= 15 is 0 Å². The van der Waals surface area contributed by atoms with Gasteiger partial charge in [-0.25, -0.2) is 0 Å². The van der Waals surface area contributed by atoms with E-state index in [0.29, 0.717) is 6.26 Å². The van der Waals surface area contributed by atoms with Gasteiger partial charge in [0.05, 0.1) is 6.26 Å². The molecule has 0 saturated heterocycles. The molecule has 0 aromatic carbocycles. The fourth-order valence-corrected chi connectivity index (χ4v) is 0. The molecule has 9 heavy (non-hydrogen) atoms. The van der Waals surface area contributed by atoms with Crippen molar-refractivity contribution in [2.24, 2.45) is 0 Å². The van der Waals surface area contributed by atoms with E-state index in [1.54, 1.807) is 0 Å². The number of rotatable bonds is 0. The van der Waals surface area contributed by atoms with Gasteiger partial charge in [0.2, 0.25) is 0 Å². The molecule has 0 atom stereocenters. The molecule has 0 aliphatic rings. The van der Waals surface area contributed by atoms with Crippen molar-refractivity contribution < 1.29 is 27.1 Å². The molecule has 8 heteroatoms. The van der Waals surface area contributed by atoms with Crippen LogP contribution in [0.2, 0.25) is 0 Å². The van der Waals surface area contributed by atoms with Crippen molar-refractivity contribution in [3.63, 3.8) is 0 Å². The van der Waals surface area contributed by atoms with Gasteiger partial charge in [-0.05, 0) is 0 Å². The van der Waals surface area contributed by atoms with Gasteiger partial charge >= 0.3 is 26.2 Å². The Kier molecular flexibility index (Phi) is 42.5. The summed E-state index contributed by atoms with van der Waals surface area (Å²) in [5.41, 5.74) is 0. The van der Waals surface area contributed by atoms with Crippen LogP contribution >= 0.6 is 0 Å². The number of hydrogen-bond acceptors (Lipinski definition) is 2. The van der Waals surface area contributed by atoms with Gasteiger partial charge in [-0.15, -0.1) is 0 Å². The van der Waals surface area contributed by atoms with E-state index in [1.807, 2.05) is 0 Å². The minimum atomic E-state index is -3.67. The van der Waals surface area contributed by atoms with Gasteiger partial charge in [-0.1, -0.05) is 0 Å². The van der Waals surface area contributed by atoms with Crippen molar-refractivity contribution in [1.29, 1.82) is 0 Å². The molecule has 0 saturated carbocycles.